The van der Waals surface area contributed by atoms with Gasteiger partial charge in [-0.25, -0.2) is 8.42 Å². The molecule has 8 heteroatoms. The van der Waals surface area contributed by atoms with Crippen LogP contribution in [0.4, 0.5) is 5.88 Å². The highest BCUT2D eigenvalue weighted by Crippen LogP contribution is 2.17. The van der Waals surface area contributed by atoms with Gasteiger partial charge in [-0.2, -0.15) is 0 Å². The van der Waals surface area contributed by atoms with Crippen LogP contribution >= 0.6 is 0 Å². The van der Waals surface area contributed by atoms with Gasteiger partial charge in [-0.1, -0.05) is 0 Å². The average Bonchev–Trinajstić information content (AvgIpc) is 2.74. The average molecular weight is 274 g/mol. The van der Waals surface area contributed by atoms with Crippen LogP contribution in [0.15, 0.2) is 16.5 Å². The Kier molecular flexibility index (Phi) is 3.67. The highest BCUT2D eigenvalue weighted by molar-refractivity contribution is 7.91. The van der Waals surface area contributed by atoms with Gasteiger partial charge in [0.1, 0.15) is 10.7 Å². The summed E-state index contributed by atoms with van der Waals surface area (Å²) in [5, 5.41) is 13.5. The maximum atomic E-state index is 11.4. The van der Waals surface area contributed by atoms with Gasteiger partial charge in [-0.3, -0.25) is 10.1 Å². The molecule has 100 valence electrons. The smallest absolute Gasteiger partial charge is 0.404 e. The molecular weight excluding hydrogens is 260 g/mol. The highest BCUT2D eigenvalue weighted by atomic mass is 32.2. The molecule has 1 aliphatic rings. The fourth-order valence-electron chi connectivity index (χ4n) is 1.99. The van der Waals surface area contributed by atoms with E-state index in [1.54, 1.807) is 0 Å². The number of rotatable bonds is 4. The van der Waals surface area contributed by atoms with E-state index in [4.69, 9.17) is 4.42 Å². The van der Waals surface area contributed by atoms with Gasteiger partial charge in [0.25, 0.3) is 0 Å². The van der Waals surface area contributed by atoms with E-state index in [9.17, 15) is 18.5 Å². The lowest BCUT2D eigenvalue weighted by Crippen LogP contribution is -2.39. The van der Waals surface area contributed by atoms with Gasteiger partial charge in [-0.15, -0.1) is 0 Å². The number of nitrogens with zero attached hydrogens (tertiary/aromatic N) is 1. The van der Waals surface area contributed by atoms with E-state index in [-0.39, 0.29) is 23.4 Å². The molecule has 1 aliphatic heterocycles. The fourth-order valence-corrected chi connectivity index (χ4v) is 3.66. The molecule has 2 rings (SSSR count). The SMILES string of the molecule is O=[N+]([O-])c1ccc(CNC2CCCS(=O)(=O)C2)o1. The predicted octanol–water partition coefficient (Wildman–Crippen LogP) is 0.855. The topological polar surface area (TPSA) is 102 Å². The van der Waals surface area contributed by atoms with E-state index >= 15 is 0 Å². The van der Waals surface area contributed by atoms with Gasteiger partial charge in [0.05, 0.1) is 24.1 Å². The van der Waals surface area contributed by atoms with Crippen molar-refractivity contribution in [2.24, 2.45) is 0 Å². The molecule has 0 spiro atoms. The first kappa shape index (κ1) is 13.0. The van der Waals surface area contributed by atoms with Crippen LogP contribution in [0, 0.1) is 10.1 Å². The van der Waals surface area contributed by atoms with Crippen LogP contribution in [-0.2, 0) is 16.4 Å². The monoisotopic (exact) mass is 274 g/mol. The van der Waals surface area contributed by atoms with Crippen molar-refractivity contribution in [1.82, 2.24) is 5.32 Å². The third kappa shape index (κ3) is 3.30. The second-order valence-corrected chi connectivity index (χ2v) is 6.56. The molecule has 1 aromatic heterocycles. The molecule has 0 bridgehead atoms. The summed E-state index contributed by atoms with van der Waals surface area (Å²) >= 11 is 0. The molecule has 1 unspecified atom stereocenters. The lowest BCUT2D eigenvalue weighted by Gasteiger charge is -2.22. The Balaban J connectivity index is 1.89. The Morgan fingerprint density at radius 3 is 2.89 bits per heavy atom. The first-order valence-electron chi connectivity index (χ1n) is 5.63. The van der Waals surface area contributed by atoms with Gasteiger partial charge in [0.15, 0.2) is 9.84 Å². The van der Waals surface area contributed by atoms with Crippen LogP contribution in [0.3, 0.4) is 0 Å². The number of sulfone groups is 1. The largest absolute Gasteiger partial charge is 0.433 e. The van der Waals surface area contributed by atoms with Crippen LogP contribution in [0.25, 0.3) is 0 Å². The molecule has 1 fully saturated rings. The van der Waals surface area contributed by atoms with E-state index in [0.29, 0.717) is 18.7 Å². The molecule has 1 atom stereocenters. The van der Waals surface area contributed by atoms with Crippen molar-refractivity contribution in [3.63, 3.8) is 0 Å². The predicted molar refractivity (Wildman–Crippen MR) is 63.9 cm³/mol. The standard InChI is InChI=1S/C10H14N2O5S/c13-12(14)10-4-3-9(17-10)6-11-8-2-1-5-18(15,16)7-8/h3-4,8,11H,1-2,5-7H2. The Labute approximate surface area is 104 Å². The number of furan rings is 1. The first-order valence-corrected chi connectivity index (χ1v) is 7.45. The number of hydrogen-bond donors (Lipinski definition) is 1. The van der Waals surface area contributed by atoms with Gasteiger partial charge in [0.2, 0.25) is 0 Å². The summed E-state index contributed by atoms with van der Waals surface area (Å²) in [4.78, 5) is 9.81. The summed E-state index contributed by atoms with van der Waals surface area (Å²) in [6, 6.07) is 2.70. The zero-order valence-corrected chi connectivity index (χ0v) is 10.5. The lowest BCUT2D eigenvalue weighted by atomic mass is 10.2. The molecule has 0 saturated carbocycles. The maximum Gasteiger partial charge on any atom is 0.433 e. The zero-order valence-electron chi connectivity index (χ0n) is 9.66. The third-order valence-corrected chi connectivity index (χ3v) is 4.68. The van der Waals surface area contributed by atoms with E-state index < -0.39 is 14.8 Å². The van der Waals surface area contributed by atoms with Crippen molar-refractivity contribution < 1.29 is 17.8 Å². The van der Waals surface area contributed by atoms with E-state index in [0.717, 1.165) is 6.42 Å². The third-order valence-electron chi connectivity index (χ3n) is 2.86. The van der Waals surface area contributed by atoms with Crippen LogP contribution in [-0.4, -0.2) is 30.9 Å². The molecular formula is C10H14N2O5S. The van der Waals surface area contributed by atoms with Crippen molar-refractivity contribution in [2.75, 3.05) is 11.5 Å². The fraction of sp³-hybridized carbons (Fsp3) is 0.600. The van der Waals surface area contributed by atoms with Crippen molar-refractivity contribution in [3.05, 3.63) is 28.0 Å². The van der Waals surface area contributed by atoms with Gasteiger partial charge < -0.3 is 9.73 Å². The van der Waals surface area contributed by atoms with Crippen LogP contribution < -0.4 is 5.32 Å². The summed E-state index contributed by atoms with van der Waals surface area (Å²) in [5.41, 5.74) is 0. The van der Waals surface area contributed by atoms with Crippen LogP contribution in [0.1, 0.15) is 18.6 Å². The molecule has 0 amide bonds. The van der Waals surface area contributed by atoms with Crippen molar-refractivity contribution in [3.8, 4) is 0 Å². The minimum atomic E-state index is -2.95. The second-order valence-electron chi connectivity index (χ2n) is 4.33. The van der Waals surface area contributed by atoms with Crippen LogP contribution in [0.2, 0.25) is 0 Å². The number of nitro groups is 1. The Bertz CT molecular complexity index is 536. The molecule has 1 N–H and O–H groups in total. The molecule has 0 aliphatic carbocycles. The molecule has 1 aromatic rings. The highest BCUT2D eigenvalue weighted by Gasteiger charge is 2.24. The summed E-state index contributed by atoms with van der Waals surface area (Å²) in [5.74, 6) is 0.500. The van der Waals surface area contributed by atoms with Crippen LogP contribution in [0.5, 0.6) is 0 Å². The Hall–Kier alpha value is -1.41. The van der Waals surface area contributed by atoms with E-state index in [2.05, 4.69) is 5.32 Å². The van der Waals surface area contributed by atoms with Gasteiger partial charge in [0, 0.05) is 6.04 Å². The molecule has 2 heterocycles. The molecule has 0 radical (unpaired) electrons. The van der Waals surface area contributed by atoms with Crippen molar-refractivity contribution >= 4 is 15.7 Å². The first-order chi connectivity index (χ1) is 8.46. The molecule has 7 nitrogen and oxygen atoms in total. The van der Waals surface area contributed by atoms with Gasteiger partial charge in [-0.05, 0) is 18.9 Å². The zero-order chi connectivity index (χ0) is 13.2. The van der Waals surface area contributed by atoms with E-state index in [1.807, 2.05) is 0 Å². The molecule has 0 aromatic carbocycles. The van der Waals surface area contributed by atoms with Crippen molar-refractivity contribution in [1.29, 1.82) is 0 Å². The quantitative estimate of drug-likeness (QED) is 0.645. The molecule has 18 heavy (non-hydrogen) atoms. The molecule has 1 saturated heterocycles. The summed E-state index contributed by atoms with van der Waals surface area (Å²) in [7, 11) is -2.95. The normalized spacial score (nSPS) is 22.8. The summed E-state index contributed by atoms with van der Waals surface area (Å²) in [6.45, 7) is 0.300. The lowest BCUT2D eigenvalue weighted by molar-refractivity contribution is -0.402. The minimum Gasteiger partial charge on any atom is -0.404 e. The number of nitrogens with one attached hydrogen (secondary N) is 1. The van der Waals surface area contributed by atoms with Gasteiger partial charge >= 0.3 is 5.88 Å². The Morgan fingerprint density at radius 1 is 1.50 bits per heavy atom. The maximum absolute atomic E-state index is 11.4. The second kappa shape index (κ2) is 5.07. The summed E-state index contributed by atoms with van der Waals surface area (Å²) < 4.78 is 27.8. The Morgan fingerprint density at radius 2 is 2.28 bits per heavy atom. The number of hydrogen-bond acceptors (Lipinski definition) is 6. The van der Waals surface area contributed by atoms with Crippen molar-refractivity contribution in [2.45, 2.75) is 25.4 Å². The van der Waals surface area contributed by atoms with E-state index in [1.165, 1.54) is 12.1 Å². The summed E-state index contributed by atoms with van der Waals surface area (Å²) in [6.07, 6.45) is 1.44. The minimum absolute atomic E-state index is 0.104.